The Morgan fingerprint density at radius 1 is 1.64 bits per heavy atom. The Hall–Kier alpha value is -0.610. The minimum Gasteiger partial charge on any atom is -0.480 e. The third kappa shape index (κ3) is 3.27. The molecule has 0 aromatic heterocycles. The van der Waals surface area contributed by atoms with Crippen LogP contribution in [0.25, 0.3) is 0 Å². The van der Waals surface area contributed by atoms with E-state index < -0.39 is 11.5 Å². The second kappa shape index (κ2) is 4.75. The van der Waals surface area contributed by atoms with Crippen LogP contribution in [0.3, 0.4) is 0 Å². The molecule has 0 spiro atoms. The molecule has 14 heavy (non-hydrogen) atoms. The van der Waals surface area contributed by atoms with Crippen LogP contribution in [0.2, 0.25) is 0 Å². The smallest absolute Gasteiger partial charge is 0.323 e. The van der Waals surface area contributed by atoms with E-state index in [1.165, 1.54) is 0 Å². The van der Waals surface area contributed by atoms with Crippen molar-refractivity contribution in [2.24, 2.45) is 0 Å². The lowest BCUT2D eigenvalue weighted by Crippen LogP contribution is -2.51. The van der Waals surface area contributed by atoms with Crippen molar-refractivity contribution in [3.8, 4) is 0 Å². The zero-order valence-electron chi connectivity index (χ0n) is 8.88. The Kier molecular flexibility index (Phi) is 3.89. The average molecular weight is 201 g/mol. The molecule has 1 aliphatic carbocycles. The third-order valence-electron chi connectivity index (χ3n) is 2.52. The van der Waals surface area contributed by atoms with Crippen molar-refractivity contribution in [3.63, 3.8) is 0 Å². The fourth-order valence-electron chi connectivity index (χ4n) is 1.34. The lowest BCUT2D eigenvalue weighted by Gasteiger charge is -2.26. The van der Waals surface area contributed by atoms with Crippen LogP contribution in [-0.4, -0.2) is 35.9 Å². The molecule has 0 aliphatic heterocycles. The van der Waals surface area contributed by atoms with Crippen LogP contribution in [0.4, 0.5) is 0 Å². The molecule has 1 saturated carbocycles. The summed E-state index contributed by atoms with van der Waals surface area (Å²) in [6.45, 7) is 4.78. The predicted molar refractivity (Wildman–Crippen MR) is 53.3 cm³/mol. The lowest BCUT2D eigenvalue weighted by molar-refractivity contribution is -0.145. The Labute approximate surface area is 84.6 Å². The SMILES string of the molecule is CCOCCC(C)(NC1CC1)C(=O)O. The van der Waals surface area contributed by atoms with Gasteiger partial charge in [0, 0.05) is 19.3 Å². The lowest BCUT2D eigenvalue weighted by atomic mass is 9.98. The summed E-state index contributed by atoms with van der Waals surface area (Å²) in [6, 6.07) is 0.401. The van der Waals surface area contributed by atoms with E-state index in [-0.39, 0.29) is 0 Å². The Morgan fingerprint density at radius 2 is 2.29 bits per heavy atom. The highest BCUT2D eigenvalue weighted by atomic mass is 16.5. The van der Waals surface area contributed by atoms with Gasteiger partial charge in [-0.25, -0.2) is 0 Å². The summed E-state index contributed by atoms with van der Waals surface area (Å²) in [7, 11) is 0. The highest BCUT2D eigenvalue weighted by Gasteiger charge is 2.37. The van der Waals surface area contributed by atoms with Crippen molar-refractivity contribution >= 4 is 5.97 Å². The first kappa shape index (κ1) is 11.5. The third-order valence-corrected chi connectivity index (χ3v) is 2.52. The van der Waals surface area contributed by atoms with Gasteiger partial charge >= 0.3 is 5.97 Å². The maximum atomic E-state index is 11.1. The summed E-state index contributed by atoms with van der Waals surface area (Å²) in [5, 5.41) is 12.2. The minimum atomic E-state index is -0.823. The van der Waals surface area contributed by atoms with Crippen LogP contribution < -0.4 is 5.32 Å². The number of ether oxygens (including phenoxy) is 1. The normalized spacial score (nSPS) is 20.4. The van der Waals surface area contributed by atoms with Gasteiger partial charge in [-0.15, -0.1) is 0 Å². The Balaban J connectivity index is 2.38. The second-order valence-corrected chi connectivity index (χ2v) is 4.00. The number of carbonyl (C=O) groups is 1. The molecule has 4 nitrogen and oxygen atoms in total. The van der Waals surface area contributed by atoms with E-state index in [1.54, 1.807) is 6.92 Å². The van der Waals surface area contributed by atoms with Gasteiger partial charge in [-0.2, -0.15) is 0 Å². The summed E-state index contributed by atoms with van der Waals surface area (Å²) in [6.07, 6.45) is 2.71. The van der Waals surface area contributed by atoms with Gasteiger partial charge in [0.2, 0.25) is 0 Å². The van der Waals surface area contributed by atoms with Gasteiger partial charge in [0.15, 0.2) is 0 Å². The molecule has 1 aliphatic rings. The predicted octanol–water partition coefficient (Wildman–Crippen LogP) is 1.01. The van der Waals surface area contributed by atoms with E-state index in [4.69, 9.17) is 9.84 Å². The van der Waals surface area contributed by atoms with Gasteiger partial charge in [-0.05, 0) is 33.1 Å². The van der Waals surface area contributed by atoms with E-state index in [9.17, 15) is 4.79 Å². The van der Waals surface area contributed by atoms with E-state index in [2.05, 4.69) is 5.32 Å². The topological polar surface area (TPSA) is 58.6 Å². The van der Waals surface area contributed by atoms with Crippen molar-refractivity contribution in [2.45, 2.75) is 44.7 Å². The monoisotopic (exact) mass is 201 g/mol. The molecule has 82 valence electrons. The van der Waals surface area contributed by atoms with Crippen molar-refractivity contribution in [3.05, 3.63) is 0 Å². The maximum absolute atomic E-state index is 11.1. The molecule has 0 amide bonds. The molecule has 4 heteroatoms. The van der Waals surface area contributed by atoms with Crippen LogP contribution in [0.5, 0.6) is 0 Å². The van der Waals surface area contributed by atoms with Gasteiger partial charge in [0.05, 0.1) is 0 Å². The number of rotatable bonds is 7. The van der Waals surface area contributed by atoms with Crippen LogP contribution in [0.1, 0.15) is 33.1 Å². The zero-order valence-corrected chi connectivity index (χ0v) is 8.88. The summed E-state index contributed by atoms with van der Waals surface area (Å²) >= 11 is 0. The number of hydrogen-bond acceptors (Lipinski definition) is 3. The Morgan fingerprint density at radius 3 is 2.71 bits per heavy atom. The number of aliphatic carboxylic acids is 1. The highest BCUT2D eigenvalue weighted by molar-refractivity contribution is 5.78. The van der Waals surface area contributed by atoms with Crippen LogP contribution in [-0.2, 0) is 9.53 Å². The summed E-state index contributed by atoms with van der Waals surface area (Å²) in [5.41, 5.74) is -0.823. The highest BCUT2D eigenvalue weighted by Crippen LogP contribution is 2.24. The molecule has 0 saturated heterocycles. The molecule has 2 N–H and O–H groups in total. The molecule has 1 atom stereocenters. The molecule has 0 bridgehead atoms. The van der Waals surface area contributed by atoms with Crippen LogP contribution >= 0.6 is 0 Å². The summed E-state index contributed by atoms with van der Waals surface area (Å²) < 4.78 is 5.18. The first-order chi connectivity index (χ1) is 6.58. The largest absolute Gasteiger partial charge is 0.480 e. The molecule has 0 radical (unpaired) electrons. The number of carboxylic acid groups (broad SMARTS) is 1. The molecule has 0 aromatic rings. The van der Waals surface area contributed by atoms with Gasteiger partial charge in [0.1, 0.15) is 5.54 Å². The zero-order chi connectivity index (χ0) is 10.6. The molecular formula is C10H19NO3. The minimum absolute atomic E-state index is 0.401. The molecular weight excluding hydrogens is 182 g/mol. The van der Waals surface area contributed by atoms with Crippen molar-refractivity contribution < 1.29 is 14.6 Å². The van der Waals surface area contributed by atoms with Crippen LogP contribution in [0.15, 0.2) is 0 Å². The fourth-order valence-corrected chi connectivity index (χ4v) is 1.34. The number of nitrogens with one attached hydrogen (secondary N) is 1. The van der Waals surface area contributed by atoms with Crippen molar-refractivity contribution in [2.75, 3.05) is 13.2 Å². The first-order valence-electron chi connectivity index (χ1n) is 5.17. The standard InChI is InChI=1S/C10H19NO3/c1-3-14-7-6-10(2,9(12)13)11-8-4-5-8/h8,11H,3-7H2,1-2H3,(H,12,13). The Bertz CT molecular complexity index is 204. The molecule has 0 aromatic carbocycles. The summed E-state index contributed by atoms with van der Waals surface area (Å²) in [5.74, 6) is -0.788. The molecule has 0 heterocycles. The van der Waals surface area contributed by atoms with Crippen molar-refractivity contribution in [1.82, 2.24) is 5.32 Å². The average Bonchev–Trinajstić information content (AvgIpc) is 2.88. The second-order valence-electron chi connectivity index (χ2n) is 4.00. The quantitative estimate of drug-likeness (QED) is 0.603. The van der Waals surface area contributed by atoms with Gasteiger partial charge in [-0.1, -0.05) is 0 Å². The van der Waals surface area contributed by atoms with Gasteiger partial charge in [0.25, 0.3) is 0 Å². The van der Waals surface area contributed by atoms with E-state index >= 15 is 0 Å². The van der Waals surface area contributed by atoms with Crippen LogP contribution in [0, 0.1) is 0 Å². The van der Waals surface area contributed by atoms with Gasteiger partial charge < -0.3 is 9.84 Å². The fraction of sp³-hybridized carbons (Fsp3) is 0.900. The van der Waals surface area contributed by atoms with E-state index in [0.717, 1.165) is 12.8 Å². The molecule has 1 rings (SSSR count). The van der Waals surface area contributed by atoms with Gasteiger partial charge in [-0.3, -0.25) is 10.1 Å². The number of carboxylic acids is 1. The first-order valence-corrected chi connectivity index (χ1v) is 5.17. The van der Waals surface area contributed by atoms with Crippen molar-refractivity contribution in [1.29, 1.82) is 0 Å². The number of hydrogen-bond donors (Lipinski definition) is 2. The van der Waals surface area contributed by atoms with E-state index in [0.29, 0.717) is 25.7 Å². The molecule has 1 unspecified atom stereocenters. The summed E-state index contributed by atoms with van der Waals surface area (Å²) in [4.78, 5) is 11.1. The van der Waals surface area contributed by atoms with E-state index in [1.807, 2.05) is 6.92 Å². The maximum Gasteiger partial charge on any atom is 0.323 e. The molecule has 1 fully saturated rings.